The second-order valence-corrected chi connectivity index (χ2v) is 7.69. The largest absolute Gasteiger partial charge is 0.497 e. The molecular weight excluding hydrogens is 478 g/mol. The molecule has 0 bridgehead atoms. The Morgan fingerprint density at radius 1 is 0.969 bits per heavy atom. The number of carbonyl (C=O) groups excluding carboxylic acids is 3. The van der Waals surface area contributed by atoms with Crippen LogP contribution in [0.15, 0.2) is 70.8 Å². The van der Waals surface area contributed by atoms with Gasteiger partial charge >= 0.3 is 6.03 Å². The van der Waals surface area contributed by atoms with Crippen molar-refractivity contribution >= 4 is 45.5 Å². The number of carbonyl (C=O) groups is 3. The number of aromatic nitrogens is 1. The summed E-state index contributed by atoms with van der Waals surface area (Å²) < 4.78 is 13.3. The van der Waals surface area contributed by atoms with E-state index in [1.165, 1.54) is 26.4 Å². The van der Waals surface area contributed by atoms with Crippen molar-refractivity contribution in [3.63, 3.8) is 0 Å². The fourth-order valence-electron chi connectivity index (χ4n) is 3.34. The summed E-state index contributed by atoms with van der Waals surface area (Å²) >= 11 is 3.40. The van der Waals surface area contributed by atoms with Crippen LogP contribution in [0.2, 0.25) is 0 Å². The monoisotopic (exact) mass is 495 g/mol. The second-order valence-electron chi connectivity index (χ2n) is 6.78. The Bertz CT molecular complexity index is 1250. The van der Waals surface area contributed by atoms with Crippen LogP contribution < -0.4 is 19.7 Å². The van der Waals surface area contributed by atoms with Gasteiger partial charge < -0.3 is 14.0 Å². The molecular formula is C23H18BrN3O5. The first-order valence-corrected chi connectivity index (χ1v) is 10.3. The summed E-state index contributed by atoms with van der Waals surface area (Å²) in [5.41, 5.74) is 1.46. The highest BCUT2D eigenvalue weighted by Crippen LogP contribution is 2.34. The maximum Gasteiger partial charge on any atom is 0.336 e. The van der Waals surface area contributed by atoms with Crippen molar-refractivity contribution in [2.75, 3.05) is 19.1 Å². The van der Waals surface area contributed by atoms with Crippen LogP contribution in [0.1, 0.15) is 5.69 Å². The lowest BCUT2D eigenvalue weighted by Crippen LogP contribution is -2.54. The molecule has 2 aromatic carbocycles. The summed E-state index contributed by atoms with van der Waals surface area (Å²) in [7, 11) is 2.91. The van der Waals surface area contributed by atoms with Gasteiger partial charge in [-0.05, 0) is 54.6 Å². The Morgan fingerprint density at radius 3 is 2.41 bits per heavy atom. The number of urea groups is 1. The fraction of sp³-hybridized carbons (Fsp3) is 0.0870. The molecule has 1 aliphatic rings. The molecule has 0 atom stereocenters. The van der Waals surface area contributed by atoms with E-state index >= 15 is 0 Å². The maximum absolute atomic E-state index is 13.3. The van der Waals surface area contributed by atoms with Gasteiger partial charge in [-0.15, -0.1) is 0 Å². The Morgan fingerprint density at radius 2 is 1.72 bits per heavy atom. The van der Waals surface area contributed by atoms with Gasteiger partial charge in [-0.2, -0.15) is 0 Å². The SMILES string of the molecule is COc1ccc(N2C(=O)NC(=O)/C(=C\c3cccn3-c3ccc(Br)cc3)C2=O)c(OC)c1. The van der Waals surface area contributed by atoms with E-state index in [-0.39, 0.29) is 17.0 Å². The van der Waals surface area contributed by atoms with E-state index in [0.717, 1.165) is 15.1 Å². The third-order valence-corrected chi connectivity index (χ3v) is 5.44. The van der Waals surface area contributed by atoms with Crippen molar-refractivity contribution < 1.29 is 23.9 Å². The number of methoxy groups -OCH3 is 2. The summed E-state index contributed by atoms with van der Waals surface area (Å²) in [5.74, 6) is -0.785. The molecule has 9 heteroatoms. The molecule has 1 saturated heterocycles. The molecule has 1 aliphatic heterocycles. The number of halogens is 1. The number of anilines is 1. The van der Waals surface area contributed by atoms with Crippen molar-refractivity contribution in [2.45, 2.75) is 0 Å². The number of rotatable bonds is 5. The average Bonchev–Trinajstić information content (AvgIpc) is 3.25. The average molecular weight is 496 g/mol. The van der Waals surface area contributed by atoms with Crippen molar-refractivity contribution in [1.82, 2.24) is 9.88 Å². The molecule has 4 rings (SSSR count). The summed E-state index contributed by atoms with van der Waals surface area (Å²) in [6, 6.07) is 14.9. The predicted molar refractivity (Wildman–Crippen MR) is 122 cm³/mol. The number of hydrogen-bond acceptors (Lipinski definition) is 5. The molecule has 0 aliphatic carbocycles. The van der Waals surface area contributed by atoms with Crippen LogP contribution in [-0.4, -0.2) is 36.6 Å². The van der Waals surface area contributed by atoms with Crippen LogP contribution in [0.5, 0.6) is 11.5 Å². The van der Waals surface area contributed by atoms with E-state index < -0.39 is 17.8 Å². The third kappa shape index (κ3) is 3.90. The van der Waals surface area contributed by atoms with E-state index in [4.69, 9.17) is 9.47 Å². The third-order valence-electron chi connectivity index (χ3n) is 4.91. The zero-order valence-electron chi connectivity index (χ0n) is 17.2. The molecule has 0 spiro atoms. The molecule has 0 saturated carbocycles. The molecule has 3 aromatic rings. The quantitative estimate of drug-likeness (QED) is 0.427. The van der Waals surface area contributed by atoms with Gasteiger partial charge in [-0.25, -0.2) is 9.69 Å². The number of amides is 4. The zero-order valence-corrected chi connectivity index (χ0v) is 18.8. The number of hydrogen-bond donors (Lipinski definition) is 1. The van der Waals surface area contributed by atoms with E-state index in [2.05, 4.69) is 21.2 Å². The molecule has 1 aromatic heterocycles. The standard InChI is InChI=1S/C23H18BrN3O5/c1-31-17-9-10-19(20(13-17)32-2)27-22(29)18(21(28)25-23(27)30)12-16-4-3-11-26(16)15-7-5-14(24)6-8-15/h3-13H,1-2H3,(H,25,28,30)/b18-12+. The van der Waals surface area contributed by atoms with Crippen molar-refractivity contribution in [2.24, 2.45) is 0 Å². The first-order chi connectivity index (χ1) is 15.4. The van der Waals surface area contributed by atoms with Crippen molar-refractivity contribution in [1.29, 1.82) is 0 Å². The van der Waals surface area contributed by atoms with Crippen molar-refractivity contribution in [3.8, 4) is 17.2 Å². The lowest BCUT2D eigenvalue weighted by Gasteiger charge is -2.27. The number of nitrogens with one attached hydrogen (secondary N) is 1. The van der Waals surface area contributed by atoms with E-state index in [9.17, 15) is 14.4 Å². The molecule has 1 fully saturated rings. The molecule has 162 valence electrons. The fourth-order valence-corrected chi connectivity index (χ4v) is 3.61. The summed E-state index contributed by atoms with van der Waals surface area (Å²) in [5, 5.41) is 2.22. The van der Waals surface area contributed by atoms with Crippen molar-refractivity contribution in [3.05, 3.63) is 76.5 Å². The number of imide groups is 2. The number of nitrogens with zero attached hydrogens (tertiary/aromatic N) is 2. The lowest BCUT2D eigenvalue weighted by molar-refractivity contribution is -0.122. The smallest absolute Gasteiger partial charge is 0.336 e. The molecule has 4 amide bonds. The normalized spacial score (nSPS) is 15.2. The van der Waals surface area contributed by atoms with Crippen LogP contribution >= 0.6 is 15.9 Å². The van der Waals surface area contributed by atoms with Gasteiger partial charge in [0.2, 0.25) is 0 Å². The van der Waals surface area contributed by atoms with Crippen LogP contribution in [0.25, 0.3) is 11.8 Å². The number of benzene rings is 2. The first-order valence-electron chi connectivity index (χ1n) is 9.49. The second kappa shape index (κ2) is 8.72. The molecule has 0 radical (unpaired) electrons. The van der Waals surface area contributed by atoms with E-state index in [0.29, 0.717) is 11.4 Å². The van der Waals surface area contributed by atoms with Gasteiger partial charge in [-0.1, -0.05) is 15.9 Å². The summed E-state index contributed by atoms with van der Waals surface area (Å²) in [4.78, 5) is 39.2. The highest BCUT2D eigenvalue weighted by atomic mass is 79.9. The van der Waals surface area contributed by atoms with E-state index in [1.54, 1.807) is 24.3 Å². The molecule has 1 N–H and O–H groups in total. The van der Waals surface area contributed by atoms with Gasteiger partial charge in [-0.3, -0.25) is 14.9 Å². The van der Waals surface area contributed by atoms with Gasteiger partial charge in [0.25, 0.3) is 11.8 Å². The predicted octanol–water partition coefficient (Wildman–Crippen LogP) is 3.92. The lowest BCUT2D eigenvalue weighted by atomic mass is 10.1. The molecule has 32 heavy (non-hydrogen) atoms. The zero-order chi connectivity index (χ0) is 22.8. The van der Waals surface area contributed by atoms with Crippen LogP contribution in [0.3, 0.4) is 0 Å². The minimum absolute atomic E-state index is 0.181. The molecule has 2 heterocycles. The van der Waals surface area contributed by atoms with Gasteiger partial charge in [0, 0.05) is 28.1 Å². The highest BCUT2D eigenvalue weighted by molar-refractivity contribution is 9.10. The van der Waals surface area contributed by atoms with Crippen LogP contribution in [0, 0.1) is 0 Å². The summed E-state index contributed by atoms with van der Waals surface area (Å²) in [6.07, 6.45) is 3.27. The highest BCUT2D eigenvalue weighted by Gasteiger charge is 2.38. The topological polar surface area (TPSA) is 89.9 Å². The Kier molecular flexibility index (Phi) is 5.83. The van der Waals surface area contributed by atoms with Gasteiger partial charge in [0.1, 0.15) is 17.1 Å². The molecule has 0 unspecified atom stereocenters. The molecule has 8 nitrogen and oxygen atoms in total. The summed E-state index contributed by atoms with van der Waals surface area (Å²) in [6.45, 7) is 0. The number of barbiturate groups is 1. The Balaban J connectivity index is 1.75. The first kappa shape index (κ1) is 21.4. The number of ether oxygens (including phenoxy) is 2. The van der Waals surface area contributed by atoms with Gasteiger partial charge in [0.15, 0.2) is 0 Å². The Labute approximate surface area is 192 Å². The van der Waals surface area contributed by atoms with Gasteiger partial charge in [0.05, 0.1) is 19.9 Å². The minimum Gasteiger partial charge on any atom is -0.497 e. The van der Waals surface area contributed by atoms with Crippen LogP contribution in [0.4, 0.5) is 10.5 Å². The van der Waals surface area contributed by atoms with E-state index in [1.807, 2.05) is 35.0 Å². The Hall–Kier alpha value is -3.85. The minimum atomic E-state index is -0.857. The van der Waals surface area contributed by atoms with Crippen LogP contribution in [-0.2, 0) is 9.59 Å². The maximum atomic E-state index is 13.3.